The van der Waals surface area contributed by atoms with Crippen molar-refractivity contribution in [2.45, 2.75) is 31.2 Å². The number of fused-ring (bicyclic) bond motifs is 1. The molecule has 1 unspecified atom stereocenters. The monoisotopic (exact) mass is 288 g/mol. The highest BCUT2D eigenvalue weighted by atomic mass is 32.2. The zero-order valence-electron chi connectivity index (χ0n) is 11.6. The molecule has 0 radical (unpaired) electrons. The molecule has 2 saturated heterocycles. The minimum absolute atomic E-state index is 0.588. The molecule has 2 aliphatic heterocycles. The van der Waals surface area contributed by atoms with E-state index in [1.807, 2.05) is 12.3 Å². The maximum atomic E-state index is 4.94. The molecule has 0 saturated carbocycles. The van der Waals surface area contributed by atoms with Gasteiger partial charge in [-0.2, -0.15) is 11.8 Å². The molecule has 2 aromatic heterocycles. The van der Waals surface area contributed by atoms with Crippen LogP contribution in [0, 0.1) is 0 Å². The van der Waals surface area contributed by atoms with Crippen LogP contribution >= 0.6 is 11.8 Å². The molecule has 2 aromatic rings. The van der Waals surface area contributed by atoms with E-state index in [-0.39, 0.29) is 0 Å². The van der Waals surface area contributed by atoms with E-state index >= 15 is 0 Å². The standard InChI is InChI=1S/C15H20N4S/c1-2-13-15(17-6-1)19(12-5-9-20-10-12)14(18-13)11-3-7-16-8-4-11/h1-2,6,11-12,16H,3-5,7-10H2. The smallest absolute Gasteiger partial charge is 0.160 e. The summed E-state index contributed by atoms with van der Waals surface area (Å²) < 4.78 is 2.46. The Morgan fingerprint density at radius 2 is 2.15 bits per heavy atom. The van der Waals surface area contributed by atoms with Crippen molar-refractivity contribution in [3.05, 3.63) is 24.2 Å². The molecular weight excluding hydrogens is 268 g/mol. The van der Waals surface area contributed by atoms with Gasteiger partial charge < -0.3 is 9.88 Å². The molecule has 0 aromatic carbocycles. The quantitative estimate of drug-likeness (QED) is 0.922. The Balaban J connectivity index is 1.82. The Bertz CT molecular complexity index is 597. The number of aromatic nitrogens is 3. The van der Waals surface area contributed by atoms with Gasteiger partial charge in [-0.3, -0.25) is 0 Å². The third-order valence-electron chi connectivity index (χ3n) is 4.45. The predicted molar refractivity (Wildman–Crippen MR) is 83.4 cm³/mol. The Kier molecular flexibility index (Phi) is 3.40. The normalized spacial score (nSPS) is 24.5. The number of nitrogens with zero attached hydrogens (tertiary/aromatic N) is 3. The first-order chi connectivity index (χ1) is 9.93. The van der Waals surface area contributed by atoms with Gasteiger partial charge in [0.05, 0.1) is 0 Å². The van der Waals surface area contributed by atoms with Crippen LogP contribution in [0.25, 0.3) is 11.2 Å². The van der Waals surface area contributed by atoms with E-state index in [9.17, 15) is 0 Å². The molecule has 1 atom stereocenters. The highest BCUT2D eigenvalue weighted by Gasteiger charge is 2.28. The van der Waals surface area contributed by atoms with Gasteiger partial charge in [-0.05, 0) is 50.2 Å². The molecule has 0 amide bonds. The topological polar surface area (TPSA) is 42.7 Å². The van der Waals surface area contributed by atoms with Crippen LogP contribution in [0.1, 0.15) is 37.0 Å². The molecule has 20 heavy (non-hydrogen) atoms. The molecule has 2 fully saturated rings. The minimum Gasteiger partial charge on any atom is -0.317 e. The number of piperidine rings is 1. The lowest BCUT2D eigenvalue weighted by molar-refractivity contribution is 0.418. The van der Waals surface area contributed by atoms with Crippen molar-refractivity contribution in [1.82, 2.24) is 19.9 Å². The highest BCUT2D eigenvalue weighted by molar-refractivity contribution is 7.99. The molecule has 0 bridgehead atoms. The van der Waals surface area contributed by atoms with Gasteiger partial charge in [0.1, 0.15) is 11.3 Å². The number of imidazole rings is 1. The second kappa shape index (κ2) is 5.37. The average Bonchev–Trinajstić information content (AvgIpc) is 3.14. The van der Waals surface area contributed by atoms with E-state index in [1.165, 1.54) is 36.6 Å². The van der Waals surface area contributed by atoms with Crippen molar-refractivity contribution in [3.8, 4) is 0 Å². The van der Waals surface area contributed by atoms with Crippen LogP contribution in [-0.4, -0.2) is 39.1 Å². The summed E-state index contributed by atoms with van der Waals surface area (Å²) in [6.45, 7) is 2.22. The zero-order chi connectivity index (χ0) is 13.4. The second-order valence-electron chi connectivity index (χ2n) is 5.73. The Morgan fingerprint density at radius 3 is 2.95 bits per heavy atom. The summed E-state index contributed by atoms with van der Waals surface area (Å²) in [6, 6.07) is 4.69. The van der Waals surface area contributed by atoms with Gasteiger partial charge in [0.15, 0.2) is 5.65 Å². The van der Waals surface area contributed by atoms with E-state index < -0.39 is 0 Å². The Labute approximate surface area is 123 Å². The van der Waals surface area contributed by atoms with E-state index in [0.717, 1.165) is 24.3 Å². The minimum atomic E-state index is 0.588. The number of hydrogen-bond donors (Lipinski definition) is 1. The number of thioether (sulfide) groups is 1. The van der Waals surface area contributed by atoms with Gasteiger partial charge in [0, 0.05) is 23.9 Å². The van der Waals surface area contributed by atoms with Crippen molar-refractivity contribution in [1.29, 1.82) is 0 Å². The van der Waals surface area contributed by atoms with Crippen LogP contribution in [0.2, 0.25) is 0 Å². The van der Waals surface area contributed by atoms with Gasteiger partial charge in [0.2, 0.25) is 0 Å². The Morgan fingerprint density at radius 1 is 1.25 bits per heavy atom. The fourth-order valence-electron chi connectivity index (χ4n) is 3.40. The molecule has 4 rings (SSSR count). The van der Waals surface area contributed by atoms with Crippen molar-refractivity contribution >= 4 is 22.9 Å². The van der Waals surface area contributed by atoms with E-state index in [2.05, 4.69) is 32.7 Å². The largest absolute Gasteiger partial charge is 0.317 e. The lowest BCUT2D eigenvalue weighted by atomic mass is 9.97. The molecule has 106 valence electrons. The summed E-state index contributed by atoms with van der Waals surface area (Å²) in [7, 11) is 0. The third-order valence-corrected chi connectivity index (χ3v) is 5.60. The third kappa shape index (κ3) is 2.13. The van der Waals surface area contributed by atoms with Crippen LogP contribution in [-0.2, 0) is 0 Å². The average molecular weight is 288 g/mol. The second-order valence-corrected chi connectivity index (χ2v) is 6.88. The highest BCUT2D eigenvalue weighted by Crippen LogP contribution is 2.35. The summed E-state index contributed by atoms with van der Waals surface area (Å²) in [5, 5.41) is 3.45. The maximum Gasteiger partial charge on any atom is 0.160 e. The maximum absolute atomic E-state index is 4.94. The molecule has 4 heterocycles. The molecule has 1 N–H and O–H groups in total. The van der Waals surface area contributed by atoms with Crippen molar-refractivity contribution in [3.63, 3.8) is 0 Å². The van der Waals surface area contributed by atoms with E-state index in [1.54, 1.807) is 0 Å². The fourth-order valence-corrected chi connectivity index (χ4v) is 4.59. The number of nitrogens with one attached hydrogen (secondary N) is 1. The Hall–Kier alpha value is -1.07. The van der Waals surface area contributed by atoms with Crippen LogP contribution in [0.3, 0.4) is 0 Å². The fraction of sp³-hybridized carbons (Fsp3) is 0.600. The zero-order valence-corrected chi connectivity index (χ0v) is 12.4. The van der Waals surface area contributed by atoms with Gasteiger partial charge in [-0.25, -0.2) is 9.97 Å². The van der Waals surface area contributed by atoms with Crippen LogP contribution in [0.5, 0.6) is 0 Å². The van der Waals surface area contributed by atoms with Crippen LogP contribution < -0.4 is 5.32 Å². The molecule has 0 spiro atoms. The van der Waals surface area contributed by atoms with Crippen LogP contribution in [0.15, 0.2) is 18.3 Å². The lowest BCUT2D eigenvalue weighted by Gasteiger charge is -2.25. The molecule has 4 nitrogen and oxygen atoms in total. The summed E-state index contributed by atoms with van der Waals surface area (Å²) >= 11 is 2.06. The molecule has 2 aliphatic rings. The molecular formula is C15H20N4S. The van der Waals surface area contributed by atoms with Gasteiger partial charge >= 0.3 is 0 Å². The first-order valence-electron chi connectivity index (χ1n) is 7.55. The number of rotatable bonds is 2. The van der Waals surface area contributed by atoms with Gasteiger partial charge in [0.25, 0.3) is 0 Å². The summed E-state index contributed by atoms with van der Waals surface area (Å²) in [5.74, 6) is 4.35. The first kappa shape index (κ1) is 12.7. The SMILES string of the molecule is c1cnc2c(c1)nc(C1CCNCC1)n2C1CCSC1. The summed E-state index contributed by atoms with van der Waals surface area (Å²) in [4.78, 5) is 9.56. The number of pyridine rings is 1. The molecule has 0 aliphatic carbocycles. The van der Waals surface area contributed by atoms with Crippen molar-refractivity contribution in [2.24, 2.45) is 0 Å². The van der Waals surface area contributed by atoms with Crippen molar-refractivity contribution in [2.75, 3.05) is 24.6 Å². The number of hydrogen-bond acceptors (Lipinski definition) is 4. The predicted octanol–water partition coefficient (Wildman–Crippen LogP) is 2.58. The first-order valence-corrected chi connectivity index (χ1v) is 8.70. The van der Waals surface area contributed by atoms with E-state index in [4.69, 9.17) is 4.98 Å². The van der Waals surface area contributed by atoms with E-state index in [0.29, 0.717) is 12.0 Å². The lowest BCUT2D eigenvalue weighted by Crippen LogP contribution is -2.28. The summed E-state index contributed by atoms with van der Waals surface area (Å²) in [5.41, 5.74) is 2.16. The van der Waals surface area contributed by atoms with Gasteiger partial charge in [-0.1, -0.05) is 0 Å². The van der Waals surface area contributed by atoms with Crippen LogP contribution in [0.4, 0.5) is 0 Å². The molecule has 5 heteroatoms. The van der Waals surface area contributed by atoms with Gasteiger partial charge in [-0.15, -0.1) is 0 Å². The van der Waals surface area contributed by atoms with Crippen molar-refractivity contribution < 1.29 is 0 Å². The summed E-state index contributed by atoms with van der Waals surface area (Å²) in [6.07, 6.45) is 5.55.